The highest BCUT2D eigenvalue weighted by Gasteiger charge is 2.59. The van der Waals surface area contributed by atoms with Crippen LogP contribution in [0.2, 0.25) is 10.0 Å². The van der Waals surface area contributed by atoms with Gasteiger partial charge in [-0.2, -0.15) is 0 Å². The Labute approximate surface area is 151 Å². The zero-order valence-electron chi connectivity index (χ0n) is 13.8. The molecule has 1 aliphatic heterocycles. The molecule has 0 spiro atoms. The molecule has 0 aromatic heterocycles. The van der Waals surface area contributed by atoms with Gasteiger partial charge in [0.1, 0.15) is 5.60 Å². The summed E-state index contributed by atoms with van der Waals surface area (Å²) in [6, 6.07) is 5.19. The lowest BCUT2D eigenvalue weighted by Crippen LogP contribution is -2.37. The topological polar surface area (TPSA) is 62.1 Å². The second kappa shape index (κ2) is 6.12. The first-order chi connectivity index (χ1) is 11.2. The fraction of sp³-hybridized carbons (Fsp3) is 0.529. The third kappa shape index (κ3) is 3.33. The van der Waals surface area contributed by atoms with Gasteiger partial charge in [-0.3, -0.25) is 0 Å². The molecule has 1 aliphatic carbocycles. The molecule has 1 aromatic rings. The van der Waals surface area contributed by atoms with E-state index in [4.69, 9.17) is 27.9 Å². The molecular weight excluding hydrogens is 351 g/mol. The van der Waals surface area contributed by atoms with Crippen molar-refractivity contribution in [1.29, 1.82) is 0 Å². The van der Waals surface area contributed by atoms with Crippen molar-refractivity contribution in [3.8, 4) is 0 Å². The van der Waals surface area contributed by atoms with E-state index in [9.17, 15) is 10.0 Å². The number of fused-ring (bicyclic) bond motifs is 1. The molecule has 1 amide bonds. The molecule has 130 valence electrons. The average Bonchev–Trinajstić information content (AvgIpc) is 2.94. The Morgan fingerprint density at radius 2 is 1.88 bits per heavy atom. The number of halogens is 2. The van der Waals surface area contributed by atoms with Crippen LogP contribution in [0, 0.1) is 17.8 Å². The van der Waals surface area contributed by atoms with Gasteiger partial charge in [-0.05, 0) is 44.7 Å². The molecule has 24 heavy (non-hydrogen) atoms. The minimum atomic E-state index is -0.499. The predicted octanol–water partition coefficient (Wildman–Crippen LogP) is 4.28. The highest BCUT2D eigenvalue weighted by atomic mass is 35.5. The molecule has 5 nitrogen and oxygen atoms in total. The Bertz CT molecular complexity index is 688. The highest BCUT2D eigenvalue weighted by Crippen LogP contribution is 2.53. The first kappa shape index (κ1) is 17.4. The molecule has 1 aromatic carbocycles. The summed E-state index contributed by atoms with van der Waals surface area (Å²) in [5.41, 5.74) is 0.864. The summed E-state index contributed by atoms with van der Waals surface area (Å²) >= 11 is 12.0. The number of rotatable bonds is 2. The van der Waals surface area contributed by atoms with Crippen LogP contribution in [0.5, 0.6) is 0 Å². The van der Waals surface area contributed by atoms with Gasteiger partial charge in [-0.1, -0.05) is 34.4 Å². The van der Waals surface area contributed by atoms with Crippen LogP contribution in [0.3, 0.4) is 0 Å². The molecular formula is C17H20Cl2N2O3. The van der Waals surface area contributed by atoms with E-state index in [1.165, 1.54) is 0 Å². The molecule has 1 heterocycles. The van der Waals surface area contributed by atoms with Crippen molar-refractivity contribution in [2.75, 3.05) is 13.1 Å². The minimum absolute atomic E-state index is 0.130. The lowest BCUT2D eigenvalue weighted by Gasteiger charge is -2.26. The molecule has 2 fully saturated rings. The summed E-state index contributed by atoms with van der Waals surface area (Å²) in [6.45, 7) is 6.79. The summed E-state index contributed by atoms with van der Waals surface area (Å²) < 4.78 is 5.40. The van der Waals surface area contributed by atoms with Crippen LogP contribution < -0.4 is 0 Å². The molecule has 2 unspecified atom stereocenters. The number of carbonyl (C=O) groups is 1. The van der Waals surface area contributed by atoms with Gasteiger partial charge in [0.05, 0.1) is 15.8 Å². The van der Waals surface area contributed by atoms with E-state index >= 15 is 0 Å². The van der Waals surface area contributed by atoms with Crippen LogP contribution in [-0.4, -0.2) is 40.6 Å². The van der Waals surface area contributed by atoms with Crippen LogP contribution in [0.4, 0.5) is 4.79 Å². The molecule has 1 N–H and O–H groups in total. The summed E-state index contributed by atoms with van der Waals surface area (Å²) in [7, 11) is 0. The van der Waals surface area contributed by atoms with Gasteiger partial charge in [0, 0.05) is 24.6 Å². The van der Waals surface area contributed by atoms with E-state index in [-0.39, 0.29) is 23.8 Å². The minimum Gasteiger partial charge on any atom is -0.444 e. The number of oxime groups is 1. The van der Waals surface area contributed by atoms with E-state index in [0.29, 0.717) is 28.8 Å². The molecule has 1 saturated heterocycles. The maximum Gasteiger partial charge on any atom is 0.410 e. The van der Waals surface area contributed by atoms with Crippen LogP contribution in [0.15, 0.2) is 23.4 Å². The lowest BCUT2D eigenvalue weighted by molar-refractivity contribution is 0.0270. The number of amides is 1. The third-order valence-electron chi connectivity index (χ3n) is 4.48. The fourth-order valence-electron chi connectivity index (χ4n) is 3.38. The number of hydrogen-bond donors (Lipinski definition) is 1. The largest absolute Gasteiger partial charge is 0.444 e. The second-order valence-electron chi connectivity index (χ2n) is 7.35. The molecule has 2 aliphatic rings. The Balaban J connectivity index is 1.66. The van der Waals surface area contributed by atoms with E-state index in [1.54, 1.807) is 23.1 Å². The quantitative estimate of drug-likeness (QED) is 0.479. The van der Waals surface area contributed by atoms with Crippen molar-refractivity contribution in [2.24, 2.45) is 22.9 Å². The Kier molecular flexibility index (Phi) is 4.43. The average molecular weight is 371 g/mol. The molecule has 2 atom stereocenters. The van der Waals surface area contributed by atoms with Gasteiger partial charge in [0.15, 0.2) is 0 Å². The van der Waals surface area contributed by atoms with E-state index < -0.39 is 5.60 Å². The number of carbonyl (C=O) groups excluding carboxylic acids is 1. The van der Waals surface area contributed by atoms with Gasteiger partial charge >= 0.3 is 6.09 Å². The second-order valence-corrected chi connectivity index (χ2v) is 8.17. The van der Waals surface area contributed by atoms with E-state index in [2.05, 4.69) is 5.16 Å². The van der Waals surface area contributed by atoms with Gasteiger partial charge < -0.3 is 14.8 Å². The molecule has 1 saturated carbocycles. The number of hydrogen-bond acceptors (Lipinski definition) is 4. The molecule has 0 radical (unpaired) electrons. The zero-order valence-corrected chi connectivity index (χ0v) is 15.3. The summed E-state index contributed by atoms with van der Waals surface area (Å²) in [6.07, 6.45) is -0.287. The fourth-order valence-corrected chi connectivity index (χ4v) is 3.68. The number of benzene rings is 1. The van der Waals surface area contributed by atoms with Gasteiger partial charge in [0.2, 0.25) is 0 Å². The zero-order chi connectivity index (χ0) is 17.6. The SMILES string of the molecule is CC(C)(C)OC(=O)N1CC2C(C1)C2C(=NO)c1ccc(Cl)c(Cl)c1. The molecule has 7 heteroatoms. The normalized spacial score (nSPS) is 26.3. The van der Waals surface area contributed by atoms with E-state index in [0.717, 1.165) is 5.56 Å². The Hall–Kier alpha value is -1.46. The molecule has 0 bridgehead atoms. The van der Waals surface area contributed by atoms with Crippen molar-refractivity contribution < 1.29 is 14.7 Å². The maximum atomic E-state index is 12.1. The number of piperidine rings is 1. The van der Waals surface area contributed by atoms with Gasteiger partial charge in [-0.25, -0.2) is 4.79 Å². The van der Waals surface area contributed by atoms with Gasteiger partial charge in [-0.15, -0.1) is 0 Å². The standard InChI is InChI=1S/C17H20Cl2N2O3/c1-17(2,3)24-16(22)21-7-10-11(8-21)14(10)15(20-23)9-4-5-12(18)13(19)6-9/h4-6,10-11,14,23H,7-8H2,1-3H3. The number of nitrogens with zero attached hydrogens (tertiary/aromatic N) is 2. The van der Waals surface area contributed by atoms with Crippen molar-refractivity contribution in [3.63, 3.8) is 0 Å². The van der Waals surface area contributed by atoms with Crippen molar-refractivity contribution in [1.82, 2.24) is 4.90 Å². The Morgan fingerprint density at radius 3 is 2.38 bits per heavy atom. The number of likely N-dealkylation sites (tertiary alicyclic amines) is 1. The Morgan fingerprint density at radius 1 is 1.25 bits per heavy atom. The van der Waals surface area contributed by atoms with Crippen LogP contribution in [0.1, 0.15) is 26.3 Å². The predicted molar refractivity (Wildman–Crippen MR) is 93.1 cm³/mol. The van der Waals surface area contributed by atoms with Crippen molar-refractivity contribution in [2.45, 2.75) is 26.4 Å². The smallest absolute Gasteiger partial charge is 0.410 e. The summed E-state index contributed by atoms with van der Waals surface area (Å²) in [4.78, 5) is 13.8. The summed E-state index contributed by atoms with van der Waals surface area (Å²) in [5, 5.41) is 13.8. The lowest BCUT2D eigenvalue weighted by atomic mass is 10.0. The highest BCUT2D eigenvalue weighted by molar-refractivity contribution is 6.42. The van der Waals surface area contributed by atoms with E-state index in [1.807, 2.05) is 20.8 Å². The molecule has 3 rings (SSSR count). The van der Waals surface area contributed by atoms with Crippen LogP contribution >= 0.6 is 23.2 Å². The maximum absolute atomic E-state index is 12.1. The van der Waals surface area contributed by atoms with Gasteiger partial charge in [0.25, 0.3) is 0 Å². The van der Waals surface area contributed by atoms with Crippen molar-refractivity contribution >= 4 is 35.0 Å². The first-order valence-corrected chi connectivity index (χ1v) is 8.62. The van der Waals surface area contributed by atoms with Crippen molar-refractivity contribution in [3.05, 3.63) is 33.8 Å². The summed E-state index contributed by atoms with van der Waals surface area (Å²) in [5.74, 6) is 0.710. The number of ether oxygens (including phenoxy) is 1. The monoisotopic (exact) mass is 370 g/mol. The van der Waals surface area contributed by atoms with Crippen LogP contribution in [-0.2, 0) is 4.74 Å². The first-order valence-electron chi connectivity index (χ1n) is 7.86. The third-order valence-corrected chi connectivity index (χ3v) is 5.22. The van der Waals surface area contributed by atoms with Crippen LogP contribution in [0.25, 0.3) is 0 Å².